The number of sulfone groups is 1. The van der Waals surface area contributed by atoms with Crippen LogP contribution in [-0.4, -0.2) is 33.0 Å². The van der Waals surface area contributed by atoms with Gasteiger partial charge in [0.05, 0.1) is 11.5 Å². The van der Waals surface area contributed by atoms with E-state index in [4.69, 9.17) is 0 Å². The van der Waals surface area contributed by atoms with Crippen LogP contribution in [0.2, 0.25) is 0 Å². The van der Waals surface area contributed by atoms with E-state index < -0.39 is 9.84 Å². The first-order valence-corrected chi connectivity index (χ1v) is 7.81. The maximum atomic E-state index is 11.3. The fraction of sp³-hybridized carbons (Fsp3) is 0.455. The highest BCUT2D eigenvalue weighted by Crippen LogP contribution is 2.27. The topological polar surface area (TPSA) is 37.4 Å². The van der Waals surface area contributed by atoms with Crippen LogP contribution in [0.1, 0.15) is 5.56 Å². The van der Waals surface area contributed by atoms with E-state index in [1.54, 1.807) is 0 Å². The van der Waals surface area contributed by atoms with Gasteiger partial charge in [-0.1, -0.05) is 22.0 Å². The third kappa shape index (κ3) is 2.40. The first-order chi connectivity index (χ1) is 7.49. The minimum atomic E-state index is -2.80. The van der Waals surface area contributed by atoms with Gasteiger partial charge in [0.1, 0.15) is 0 Å². The molecule has 1 aromatic carbocycles. The summed E-state index contributed by atoms with van der Waals surface area (Å²) >= 11 is 3.49. The van der Waals surface area contributed by atoms with E-state index in [1.807, 2.05) is 25.1 Å². The van der Waals surface area contributed by atoms with Crippen molar-refractivity contribution in [3.05, 3.63) is 28.2 Å². The van der Waals surface area contributed by atoms with Gasteiger partial charge in [-0.05, 0) is 24.6 Å². The fourth-order valence-corrected chi connectivity index (χ4v) is 3.45. The summed E-state index contributed by atoms with van der Waals surface area (Å²) in [6, 6.07) is 6.02. The average molecular weight is 304 g/mol. The van der Waals surface area contributed by atoms with Crippen molar-refractivity contribution in [2.45, 2.75) is 6.92 Å². The van der Waals surface area contributed by atoms with E-state index in [1.165, 1.54) is 5.56 Å². The molecule has 1 aliphatic rings. The standard InChI is InChI=1S/C11H14BrNO2S/c1-9-10(12)3-2-4-11(9)13-5-7-16(14,15)8-6-13/h2-4H,5-8H2,1H3. The van der Waals surface area contributed by atoms with E-state index in [0.29, 0.717) is 13.1 Å². The molecule has 0 N–H and O–H groups in total. The van der Waals surface area contributed by atoms with Crippen molar-refractivity contribution in [1.82, 2.24) is 0 Å². The summed E-state index contributed by atoms with van der Waals surface area (Å²) in [5.41, 5.74) is 2.30. The van der Waals surface area contributed by atoms with Crippen molar-refractivity contribution in [3.8, 4) is 0 Å². The van der Waals surface area contributed by atoms with Crippen LogP contribution >= 0.6 is 15.9 Å². The molecular formula is C11H14BrNO2S. The van der Waals surface area contributed by atoms with Crippen molar-refractivity contribution < 1.29 is 8.42 Å². The lowest BCUT2D eigenvalue weighted by molar-refractivity contribution is 0.586. The highest BCUT2D eigenvalue weighted by Gasteiger charge is 2.22. The summed E-state index contributed by atoms with van der Waals surface area (Å²) < 4.78 is 23.8. The van der Waals surface area contributed by atoms with Crippen molar-refractivity contribution in [3.63, 3.8) is 0 Å². The lowest BCUT2D eigenvalue weighted by Gasteiger charge is -2.30. The van der Waals surface area contributed by atoms with Gasteiger partial charge in [-0.25, -0.2) is 8.42 Å². The maximum absolute atomic E-state index is 11.3. The van der Waals surface area contributed by atoms with Crippen LogP contribution in [-0.2, 0) is 9.84 Å². The lowest BCUT2D eigenvalue weighted by atomic mass is 10.2. The molecule has 1 saturated heterocycles. The maximum Gasteiger partial charge on any atom is 0.153 e. The van der Waals surface area contributed by atoms with E-state index in [-0.39, 0.29) is 11.5 Å². The van der Waals surface area contributed by atoms with E-state index in [0.717, 1.165) is 10.2 Å². The van der Waals surface area contributed by atoms with Gasteiger partial charge in [0.2, 0.25) is 0 Å². The molecule has 0 bridgehead atoms. The number of nitrogens with zero attached hydrogens (tertiary/aromatic N) is 1. The molecule has 16 heavy (non-hydrogen) atoms. The Morgan fingerprint density at radius 2 is 1.88 bits per heavy atom. The minimum absolute atomic E-state index is 0.263. The Bertz CT molecular complexity index is 485. The molecule has 0 aliphatic carbocycles. The number of hydrogen-bond donors (Lipinski definition) is 0. The van der Waals surface area contributed by atoms with Crippen LogP contribution in [0.3, 0.4) is 0 Å². The second-order valence-corrected chi connectivity index (χ2v) is 7.18. The summed E-state index contributed by atoms with van der Waals surface area (Å²) in [4.78, 5) is 2.14. The van der Waals surface area contributed by atoms with Gasteiger partial charge < -0.3 is 4.90 Å². The Hall–Kier alpha value is -0.550. The van der Waals surface area contributed by atoms with Crippen LogP contribution in [0.25, 0.3) is 0 Å². The van der Waals surface area contributed by atoms with Gasteiger partial charge in [-0.15, -0.1) is 0 Å². The molecule has 3 nitrogen and oxygen atoms in total. The molecule has 1 fully saturated rings. The molecular weight excluding hydrogens is 290 g/mol. The van der Waals surface area contributed by atoms with Crippen LogP contribution in [0, 0.1) is 6.92 Å². The molecule has 5 heteroatoms. The molecule has 0 radical (unpaired) electrons. The molecule has 2 rings (SSSR count). The smallest absolute Gasteiger partial charge is 0.153 e. The van der Waals surface area contributed by atoms with Gasteiger partial charge in [0.15, 0.2) is 9.84 Å². The third-order valence-electron chi connectivity index (χ3n) is 2.92. The largest absolute Gasteiger partial charge is 0.369 e. The molecule has 1 aromatic rings. The average Bonchev–Trinajstić information content (AvgIpc) is 2.23. The summed E-state index contributed by atoms with van der Waals surface area (Å²) in [6.45, 7) is 3.24. The van der Waals surface area contributed by atoms with Crippen molar-refractivity contribution in [1.29, 1.82) is 0 Å². The predicted molar refractivity (Wildman–Crippen MR) is 69.7 cm³/mol. The molecule has 0 aromatic heterocycles. The number of hydrogen-bond acceptors (Lipinski definition) is 3. The Morgan fingerprint density at radius 3 is 2.50 bits per heavy atom. The summed E-state index contributed by atoms with van der Waals surface area (Å²) in [6.07, 6.45) is 0. The van der Waals surface area contributed by atoms with Crippen molar-refractivity contribution in [2.75, 3.05) is 29.5 Å². The molecule has 0 saturated carbocycles. The SMILES string of the molecule is Cc1c(Br)cccc1N1CCS(=O)(=O)CC1. The van der Waals surface area contributed by atoms with Crippen LogP contribution in [0.15, 0.2) is 22.7 Å². The highest BCUT2D eigenvalue weighted by molar-refractivity contribution is 9.10. The normalized spacial score (nSPS) is 19.8. The molecule has 0 unspecified atom stereocenters. The summed E-state index contributed by atoms with van der Waals surface area (Å²) in [5, 5.41) is 0. The Labute approximate surface area is 105 Å². The van der Waals surface area contributed by atoms with Crippen LogP contribution < -0.4 is 4.90 Å². The predicted octanol–water partition coefficient (Wildman–Crippen LogP) is 1.99. The second-order valence-electron chi connectivity index (χ2n) is 4.02. The zero-order valence-electron chi connectivity index (χ0n) is 9.11. The second kappa shape index (κ2) is 4.37. The fourth-order valence-electron chi connectivity index (χ4n) is 1.89. The van der Waals surface area contributed by atoms with Crippen LogP contribution in [0.4, 0.5) is 5.69 Å². The number of rotatable bonds is 1. The van der Waals surface area contributed by atoms with E-state index in [9.17, 15) is 8.42 Å². The quantitative estimate of drug-likeness (QED) is 0.796. The Kier molecular flexibility index (Phi) is 3.26. The molecule has 1 aliphatic heterocycles. The minimum Gasteiger partial charge on any atom is -0.369 e. The van der Waals surface area contributed by atoms with Gasteiger partial charge in [-0.2, -0.15) is 0 Å². The summed E-state index contributed by atoms with van der Waals surface area (Å²) in [7, 11) is -2.80. The highest BCUT2D eigenvalue weighted by atomic mass is 79.9. The van der Waals surface area contributed by atoms with Gasteiger partial charge in [0, 0.05) is 23.2 Å². The summed E-state index contributed by atoms with van der Waals surface area (Å²) in [5.74, 6) is 0.526. The van der Waals surface area contributed by atoms with Gasteiger partial charge >= 0.3 is 0 Å². The molecule has 88 valence electrons. The van der Waals surface area contributed by atoms with Crippen molar-refractivity contribution >= 4 is 31.5 Å². The first kappa shape index (κ1) is 11.9. The zero-order valence-corrected chi connectivity index (χ0v) is 11.5. The first-order valence-electron chi connectivity index (χ1n) is 5.20. The molecule has 0 amide bonds. The zero-order chi connectivity index (χ0) is 11.8. The molecule has 0 atom stereocenters. The molecule has 1 heterocycles. The number of anilines is 1. The van der Waals surface area contributed by atoms with Gasteiger partial charge in [0.25, 0.3) is 0 Å². The van der Waals surface area contributed by atoms with E-state index >= 15 is 0 Å². The van der Waals surface area contributed by atoms with Crippen LogP contribution in [0.5, 0.6) is 0 Å². The number of halogens is 1. The van der Waals surface area contributed by atoms with Crippen molar-refractivity contribution in [2.24, 2.45) is 0 Å². The molecule has 0 spiro atoms. The number of benzene rings is 1. The monoisotopic (exact) mass is 303 g/mol. The lowest BCUT2D eigenvalue weighted by Crippen LogP contribution is -2.40. The van der Waals surface area contributed by atoms with Gasteiger partial charge in [-0.3, -0.25) is 0 Å². The Balaban J connectivity index is 2.24. The van der Waals surface area contributed by atoms with E-state index in [2.05, 4.69) is 20.8 Å². The third-order valence-corrected chi connectivity index (χ3v) is 5.39. The Morgan fingerprint density at radius 1 is 1.25 bits per heavy atom.